The van der Waals surface area contributed by atoms with E-state index in [2.05, 4.69) is 10.3 Å². The van der Waals surface area contributed by atoms with Crippen LogP contribution in [0.5, 0.6) is 0 Å². The van der Waals surface area contributed by atoms with E-state index in [1.54, 1.807) is 23.0 Å². The van der Waals surface area contributed by atoms with E-state index in [-0.39, 0.29) is 5.91 Å². The second-order valence-corrected chi connectivity index (χ2v) is 4.88. The molecule has 0 saturated heterocycles. The van der Waals surface area contributed by atoms with Crippen LogP contribution in [0.4, 0.5) is 5.69 Å². The molecule has 1 heterocycles. The quantitative estimate of drug-likeness (QED) is 0.906. The number of anilines is 1. The maximum atomic E-state index is 11.8. The highest BCUT2D eigenvalue weighted by Gasteiger charge is 2.14. The van der Waals surface area contributed by atoms with E-state index in [1.807, 2.05) is 6.92 Å². The normalized spacial score (nSPS) is 10.3. The molecular formula is C11H8Cl2N2OS. The summed E-state index contributed by atoms with van der Waals surface area (Å²) in [6, 6.07) is 3.49. The summed E-state index contributed by atoms with van der Waals surface area (Å²) in [4.78, 5) is 15.7. The number of hydrogen-bond acceptors (Lipinski definition) is 3. The van der Waals surface area contributed by atoms with E-state index in [4.69, 9.17) is 23.2 Å². The van der Waals surface area contributed by atoms with E-state index in [9.17, 15) is 4.79 Å². The highest BCUT2D eigenvalue weighted by molar-refractivity contribution is 7.07. The largest absolute Gasteiger partial charge is 0.318 e. The fraction of sp³-hybridized carbons (Fsp3) is 0.0909. The average Bonchev–Trinajstić information content (AvgIpc) is 2.83. The van der Waals surface area contributed by atoms with Crippen LogP contribution in [0.1, 0.15) is 16.1 Å². The molecule has 1 aromatic carbocycles. The molecule has 0 unspecified atom stereocenters. The highest BCUT2D eigenvalue weighted by Crippen LogP contribution is 2.33. The predicted octanol–water partition coefficient (Wildman–Crippen LogP) is 4.01. The van der Waals surface area contributed by atoms with Gasteiger partial charge in [0.1, 0.15) is 5.69 Å². The number of benzene rings is 1. The van der Waals surface area contributed by atoms with Crippen LogP contribution in [0, 0.1) is 6.92 Å². The second kappa shape index (κ2) is 5.04. The third-order valence-electron chi connectivity index (χ3n) is 2.19. The minimum atomic E-state index is -0.319. The molecular weight excluding hydrogens is 279 g/mol. The number of nitrogens with zero attached hydrogens (tertiary/aromatic N) is 1. The van der Waals surface area contributed by atoms with Gasteiger partial charge in [0, 0.05) is 5.38 Å². The van der Waals surface area contributed by atoms with Crippen LogP contribution in [0.3, 0.4) is 0 Å². The standard InChI is InChI=1S/C11H8Cl2N2OS/c1-6-2-3-7(12)10(9(6)13)15-11(16)8-4-17-5-14-8/h2-5H,1H3,(H,15,16). The zero-order chi connectivity index (χ0) is 12.4. The summed E-state index contributed by atoms with van der Waals surface area (Å²) >= 11 is 13.4. The Hall–Kier alpha value is -1.10. The van der Waals surface area contributed by atoms with Crippen molar-refractivity contribution in [3.05, 3.63) is 44.3 Å². The smallest absolute Gasteiger partial charge is 0.275 e. The molecule has 88 valence electrons. The minimum Gasteiger partial charge on any atom is -0.318 e. The SMILES string of the molecule is Cc1ccc(Cl)c(NC(=O)c2cscn2)c1Cl. The van der Waals surface area contributed by atoms with Crippen molar-refractivity contribution in [1.29, 1.82) is 0 Å². The summed E-state index contributed by atoms with van der Waals surface area (Å²) in [7, 11) is 0. The Bertz CT molecular complexity index is 555. The van der Waals surface area contributed by atoms with Gasteiger partial charge in [-0.05, 0) is 18.6 Å². The van der Waals surface area contributed by atoms with Crippen molar-refractivity contribution in [2.75, 3.05) is 5.32 Å². The van der Waals surface area contributed by atoms with Gasteiger partial charge in [0.05, 0.1) is 21.2 Å². The molecule has 0 aliphatic rings. The lowest BCUT2D eigenvalue weighted by atomic mass is 10.2. The van der Waals surface area contributed by atoms with Crippen molar-refractivity contribution in [3.63, 3.8) is 0 Å². The second-order valence-electron chi connectivity index (χ2n) is 3.38. The number of thiazole rings is 1. The van der Waals surface area contributed by atoms with Gasteiger partial charge in [-0.25, -0.2) is 4.98 Å². The van der Waals surface area contributed by atoms with Crippen LogP contribution in [0.15, 0.2) is 23.0 Å². The number of amides is 1. The Morgan fingerprint density at radius 2 is 2.18 bits per heavy atom. The molecule has 1 amide bonds. The number of aryl methyl sites for hydroxylation is 1. The van der Waals surface area contributed by atoms with Gasteiger partial charge in [-0.3, -0.25) is 4.79 Å². The summed E-state index contributed by atoms with van der Waals surface area (Å²) in [5.74, 6) is -0.319. The molecule has 17 heavy (non-hydrogen) atoms. The van der Waals surface area contributed by atoms with Crippen molar-refractivity contribution < 1.29 is 4.79 Å². The van der Waals surface area contributed by atoms with E-state index < -0.39 is 0 Å². The molecule has 0 atom stereocenters. The van der Waals surface area contributed by atoms with Crippen LogP contribution >= 0.6 is 34.5 Å². The fourth-order valence-electron chi connectivity index (χ4n) is 1.27. The van der Waals surface area contributed by atoms with Crippen molar-refractivity contribution >= 4 is 46.1 Å². The molecule has 3 nitrogen and oxygen atoms in total. The molecule has 0 spiro atoms. The Morgan fingerprint density at radius 1 is 1.41 bits per heavy atom. The Balaban J connectivity index is 2.31. The molecule has 1 aromatic heterocycles. The monoisotopic (exact) mass is 286 g/mol. The highest BCUT2D eigenvalue weighted by atomic mass is 35.5. The number of aromatic nitrogens is 1. The summed E-state index contributed by atoms with van der Waals surface area (Å²) in [6.07, 6.45) is 0. The van der Waals surface area contributed by atoms with Crippen molar-refractivity contribution in [2.45, 2.75) is 6.92 Å². The first-order valence-corrected chi connectivity index (χ1v) is 6.43. The van der Waals surface area contributed by atoms with Crippen molar-refractivity contribution in [1.82, 2.24) is 4.98 Å². The molecule has 0 fully saturated rings. The van der Waals surface area contributed by atoms with Crippen LogP contribution in [-0.2, 0) is 0 Å². The number of hydrogen-bond donors (Lipinski definition) is 1. The number of carbonyl (C=O) groups excluding carboxylic acids is 1. The van der Waals surface area contributed by atoms with Gasteiger partial charge in [0.15, 0.2) is 0 Å². The molecule has 0 aliphatic carbocycles. The van der Waals surface area contributed by atoms with Gasteiger partial charge in [0.25, 0.3) is 5.91 Å². The zero-order valence-electron chi connectivity index (χ0n) is 8.83. The van der Waals surface area contributed by atoms with Crippen LogP contribution in [0.25, 0.3) is 0 Å². The van der Waals surface area contributed by atoms with Gasteiger partial charge >= 0.3 is 0 Å². The molecule has 2 aromatic rings. The fourth-order valence-corrected chi connectivity index (χ4v) is 2.27. The molecule has 0 aliphatic heterocycles. The lowest BCUT2D eigenvalue weighted by molar-refractivity contribution is 0.102. The number of carbonyl (C=O) groups is 1. The third kappa shape index (κ3) is 2.60. The third-order valence-corrected chi connectivity index (χ3v) is 3.58. The lowest BCUT2D eigenvalue weighted by Gasteiger charge is -2.09. The van der Waals surface area contributed by atoms with E-state index in [0.29, 0.717) is 21.4 Å². The van der Waals surface area contributed by atoms with Gasteiger partial charge in [-0.15, -0.1) is 11.3 Å². The molecule has 0 radical (unpaired) electrons. The van der Waals surface area contributed by atoms with Crippen LogP contribution in [0.2, 0.25) is 10.0 Å². The Kier molecular flexibility index (Phi) is 3.66. The topological polar surface area (TPSA) is 42.0 Å². The molecule has 6 heteroatoms. The maximum Gasteiger partial charge on any atom is 0.275 e. The van der Waals surface area contributed by atoms with Gasteiger partial charge < -0.3 is 5.32 Å². The first-order valence-electron chi connectivity index (χ1n) is 4.73. The van der Waals surface area contributed by atoms with Crippen molar-refractivity contribution in [2.24, 2.45) is 0 Å². The minimum absolute atomic E-state index is 0.319. The Morgan fingerprint density at radius 3 is 2.82 bits per heavy atom. The van der Waals surface area contributed by atoms with E-state index in [1.165, 1.54) is 11.3 Å². The van der Waals surface area contributed by atoms with Crippen LogP contribution in [-0.4, -0.2) is 10.9 Å². The lowest BCUT2D eigenvalue weighted by Crippen LogP contribution is -2.13. The number of nitrogens with one attached hydrogen (secondary N) is 1. The van der Waals surface area contributed by atoms with Gasteiger partial charge in [-0.1, -0.05) is 29.3 Å². The predicted molar refractivity (Wildman–Crippen MR) is 71.3 cm³/mol. The number of halogens is 2. The first-order chi connectivity index (χ1) is 8.09. The van der Waals surface area contributed by atoms with Gasteiger partial charge in [0.2, 0.25) is 0 Å². The molecule has 2 rings (SSSR count). The zero-order valence-corrected chi connectivity index (χ0v) is 11.2. The van der Waals surface area contributed by atoms with E-state index in [0.717, 1.165) is 5.56 Å². The Labute approximate surface area is 112 Å². The van der Waals surface area contributed by atoms with Crippen LogP contribution < -0.4 is 5.32 Å². The summed E-state index contributed by atoms with van der Waals surface area (Å²) < 4.78 is 0. The maximum absolute atomic E-state index is 11.8. The number of rotatable bonds is 2. The summed E-state index contributed by atoms with van der Waals surface area (Å²) in [5.41, 5.74) is 3.22. The molecule has 1 N–H and O–H groups in total. The van der Waals surface area contributed by atoms with Gasteiger partial charge in [-0.2, -0.15) is 0 Å². The first kappa shape index (κ1) is 12.4. The summed E-state index contributed by atoms with van der Waals surface area (Å²) in [6.45, 7) is 1.84. The molecule has 0 bridgehead atoms. The van der Waals surface area contributed by atoms with Crippen molar-refractivity contribution in [3.8, 4) is 0 Å². The average molecular weight is 287 g/mol. The van der Waals surface area contributed by atoms with E-state index >= 15 is 0 Å². The summed E-state index contributed by atoms with van der Waals surface area (Å²) in [5, 5.41) is 5.17. The molecule has 0 saturated carbocycles.